The molecular weight excluding hydrogens is 693 g/mol. The first-order valence-corrected chi connectivity index (χ1v) is 21.9. The lowest BCUT2D eigenvalue weighted by atomic mass is 10.1. The molecular formula is C42H74NO9P. The van der Waals surface area contributed by atoms with Gasteiger partial charge in [0.1, 0.15) is 19.8 Å². The number of rotatable bonds is 35. The van der Waals surface area contributed by atoms with E-state index in [-0.39, 0.29) is 38.3 Å². The summed E-state index contributed by atoms with van der Waals surface area (Å²) >= 11 is 0. The standard InChI is InChI=1S/C42H74NO9P/c1-6-8-10-12-14-16-18-20-21-23-25-27-30-39-40(52-39)31-29-33-42(45)51-38(37-50-53(46,47)49-35-34-43(3,4)5)36-48-41(44)32-28-26-24-22-19-17-15-13-11-9-7-2/h13-16,20-21,25,27,38-40H,6-12,17-19,22-24,26,28-37H2,1-5H3/b15-13-,16-14-,21-20-,27-25-/t38-,39?,40?/m1/s1. The SMILES string of the molecule is CCCC/C=C\CCCCCCCC(=O)OC[C@H](COP(=O)([O-])OCC[N+](C)(C)C)OC(=O)CCCC1OC1C/C=C\C/C=C\C/C=C\CCCCC. The van der Waals surface area contributed by atoms with E-state index in [0.29, 0.717) is 23.9 Å². The fourth-order valence-electron chi connectivity index (χ4n) is 5.37. The van der Waals surface area contributed by atoms with Crippen molar-refractivity contribution in [1.29, 1.82) is 0 Å². The second-order valence-corrected chi connectivity index (χ2v) is 16.4. The van der Waals surface area contributed by atoms with Gasteiger partial charge in [-0.1, -0.05) is 107 Å². The summed E-state index contributed by atoms with van der Waals surface area (Å²) in [6.45, 7) is 4.03. The number of likely N-dealkylation sites (N-methyl/N-ethyl adjacent to an activating group) is 1. The zero-order chi connectivity index (χ0) is 39.0. The normalized spacial score (nSPS) is 18.0. The first-order chi connectivity index (χ1) is 25.5. The smallest absolute Gasteiger partial charge is 0.306 e. The number of allylic oxidation sites excluding steroid dienone is 7. The average molecular weight is 768 g/mol. The molecule has 3 unspecified atom stereocenters. The van der Waals surface area contributed by atoms with Crippen LogP contribution in [0.3, 0.4) is 0 Å². The molecule has 0 aromatic heterocycles. The molecule has 0 bridgehead atoms. The van der Waals surface area contributed by atoms with Gasteiger partial charge in [-0.2, -0.15) is 0 Å². The first kappa shape index (κ1) is 48.9. The van der Waals surface area contributed by atoms with Crippen LogP contribution in [0.25, 0.3) is 0 Å². The molecule has 1 saturated heterocycles. The van der Waals surface area contributed by atoms with Crippen molar-refractivity contribution in [3.05, 3.63) is 48.6 Å². The summed E-state index contributed by atoms with van der Waals surface area (Å²) in [5.74, 6) is -0.928. The van der Waals surface area contributed by atoms with Crippen molar-refractivity contribution >= 4 is 19.8 Å². The molecule has 0 radical (unpaired) electrons. The Bertz CT molecular complexity index is 1110. The minimum absolute atomic E-state index is 0.0480. The maximum atomic E-state index is 12.7. The number of carbonyl (C=O) groups is 2. The van der Waals surface area contributed by atoms with Crippen LogP contribution in [0.2, 0.25) is 0 Å². The van der Waals surface area contributed by atoms with E-state index < -0.39 is 32.5 Å². The van der Waals surface area contributed by atoms with E-state index in [9.17, 15) is 19.0 Å². The minimum atomic E-state index is -4.65. The van der Waals surface area contributed by atoms with Crippen molar-refractivity contribution in [2.75, 3.05) is 47.5 Å². The van der Waals surface area contributed by atoms with Crippen LogP contribution >= 0.6 is 7.82 Å². The van der Waals surface area contributed by atoms with E-state index in [1.807, 2.05) is 21.1 Å². The number of hydrogen-bond acceptors (Lipinski definition) is 9. The van der Waals surface area contributed by atoms with Crippen LogP contribution < -0.4 is 4.89 Å². The molecule has 0 aromatic carbocycles. The van der Waals surface area contributed by atoms with E-state index in [1.54, 1.807) is 0 Å². The van der Waals surface area contributed by atoms with Crippen LogP contribution in [0.4, 0.5) is 0 Å². The Morgan fingerprint density at radius 1 is 0.698 bits per heavy atom. The van der Waals surface area contributed by atoms with Gasteiger partial charge < -0.3 is 32.6 Å². The number of hydrogen-bond donors (Lipinski definition) is 0. The Morgan fingerprint density at radius 2 is 1.28 bits per heavy atom. The Morgan fingerprint density at radius 3 is 1.98 bits per heavy atom. The summed E-state index contributed by atoms with van der Waals surface area (Å²) in [4.78, 5) is 37.5. The highest BCUT2D eigenvalue weighted by Crippen LogP contribution is 2.38. The predicted octanol–water partition coefficient (Wildman–Crippen LogP) is 9.48. The third-order valence-corrected chi connectivity index (χ3v) is 9.71. The van der Waals surface area contributed by atoms with Crippen LogP contribution in [-0.2, 0) is 37.4 Å². The van der Waals surface area contributed by atoms with Crippen molar-refractivity contribution in [3.8, 4) is 0 Å². The third kappa shape index (κ3) is 31.9. The lowest BCUT2D eigenvalue weighted by Crippen LogP contribution is -2.37. The van der Waals surface area contributed by atoms with Crippen LogP contribution in [0.15, 0.2) is 48.6 Å². The zero-order valence-electron chi connectivity index (χ0n) is 33.9. The number of phosphoric acid groups is 1. The number of phosphoric ester groups is 1. The van der Waals surface area contributed by atoms with Crippen molar-refractivity contribution < 1.29 is 46.8 Å². The highest BCUT2D eigenvalue weighted by Gasteiger charge is 2.36. The molecule has 0 aliphatic carbocycles. The molecule has 1 rings (SSSR count). The summed E-state index contributed by atoms with van der Waals surface area (Å²) in [6.07, 6.45) is 35.9. The topological polar surface area (TPSA) is 124 Å². The van der Waals surface area contributed by atoms with E-state index in [1.165, 1.54) is 32.1 Å². The minimum Gasteiger partial charge on any atom is -0.756 e. The van der Waals surface area contributed by atoms with Gasteiger partial charge in [0.25, 0.3) is 7.82 Å². The zero-order valence-corrected chi connectivity index (χ0v) is 34.8. The number of carbonyl (C=O) groups excluding carboxylic acids is 2. The van der Waals surface area contributed by atoms with Crippen LogP contribution in [0.5, 0.6) is 0 Å². The van der Waals surface area contributed by atoms with Crippen molar-refractivity contribution in [1.82, 2.24) is 0 Å². The second kappa shape index (κ2) is 31.2. The Labute approximate surface area is 322 Å². The van der Waals surface area contributed by atoms with Crippen molar-refractivity contribution in [2.45, 2.75) is 161 Å². The maximum absolute atomic E-state index is 12.7. The van der Waals surface area contributed by atoms with Crippen LogP contribution in [0, 0.1) is 0 Å². The van der Waals surface area contributed by atoms with Crippen molar-refractivity contribution in [2.24, 2.45) is 0 Å². The molecule has 10 nitrogen and oxygen atoms in total. The molecule has 53 heavy (non-hydrogen) atoms. The van der Waals surface area contributed by atoms with Crippen molar-refractivity contribution in [3.63, 3.8) is 0 Å². The Balaban J connectivity index is 2.38. The molecule has 1 heterocycles. The van der Waals surface area contributed by atoms with Gasteiger partial charge >= 0.3 is 11.9 Å². The number of epoxide rings is 1. The number of unbranched alkanes of at least 4 members (excludes halogenated alkanes) is 10. The summed E-state index contributed by atoms with van der Waals surface area (Å²) in [5.41, 5.74) is 0. The molecule has 1 fully saturated rings. The van der Waals surface area contributed by atoms with Gasteiger partial charge in [-0.25, -0.2) is 0 Å². The van der Waals surface area contributed by atoms with Gasteiger partial charge in [0.05, 0.1) is 40.0 Å². The summed E-state index contributed by atoms with van der Waals surface area (Å²) in [7, 11) is 1.10. The number of nitrogens with zero attached hydrogens (tertiary/aromatic N) is 1. The molecule has 4 atom stereocenters. The Kier molecular flexibility index (Phi) is 28.8. The lowest BCUT2D eigenvalue weighted by molar-refractivity contribution is -0.870. The fourth-order valence-corrected chi connectivity index (χ4v) is 6.10. The number of quaternary nitrogens is 1. The molecule has 0 saturated carbocycles. The fraction of sp³-hybridized carbons (Fsp3) is 0.762. The monoisotopic (exact) mass is 768 g/mol. The summed E-state index contributed by atoms with van der Waals surface area (Å²) in [6, 6.07) is 0. The van der Waals surface area contributed by atoms with Gasteiger partial charge in [0.2, 0.25) is 0 Å². The molecule has 1 aliphatic rings. The van der Waals surface area contributed by atoms with Gasteiger partial charge in [-0.05, 0) is 70.6 Å². The quantitative estimate of drug-likeness (QED) is 0.0155. The molecule has 0 aromatic rings. The number of ether oxygens (including phenoxy) is 3. The van der Waals surface area contributed by atoms with Crippen LogP contribution in [-0.4, -0.2) is 82.2 Å². The maximum Gasteiger partial charge on any atom is 0.306 e. The molecule has 0 spiro atoms. The summed E-state index contributed by atoms with van der Waals surface area (Å²) in [5, 5.41) is 0. The molecule has 11 heteroatoms. The first-order valence-electron chi connectivity index (χ1n) is 20.5. The van der Waals surface area contributed by atoms with Gasteiger partial charge in [0, 0.05) is 12.8 Å². The highest BCUT2D eigenvalue weighted by molar-refractivity contribution is 7.45. The third-order valence-electron chi connectivity index (χ3n) is 8.75. The molecule has 0 N–H and O–H groups in total. The van der Waals surface area contributed by atoms with E-state index >= 15 is 0 Å². The molecule has 0 amide bonds. The largest absolute Gasteiger partial charge is 0.756 e. The van der Waals surface area contributed by atoms with Crippen LogP contribution in [0.1, 0.15) is 142 Å². The summed E-state index contributed by atoms with van der Waals surface area (Å²) < 4.78 is 39.6. The number of esters is 2. The van der Waals surface area contributed by atoms with E-state index in [4.69, 9.17) is 23.3 Å². The predicted molar refractivity (Wildman–Crippen MR) is 212 cm³/mol. The Hall–Kier alpha value is -2.07. The van der Waals surface area contributed by atoms with E-state index in [0.717, 1.165) is 70.6 Å². The second-order valence-electron chi connectivity index (χ2n) is 15.0. The molecule has 1 aliphatic heterocycles. The highest BCUT2D eigenvalue weighted by atomic mass is 31.2. The van der Waals surface area contributed by atoms with Gasteiger partial charge in [-0.15, -0.1) is 0 Å². The average Bonchev–Trinajstić information content (AvgIpc) is 3.85. The lowest BCUT2D eigenvalue weighted by Gasteiger charge is -2.28. The van der Waals surface area contributed by atoms with E-state index in [2.05, 4.69) is 62.5 Å². The molecule has 306 valence electrons. The van der Waals surface area contributed by atoms with Gasteiger partial charge in [0.15, 0.2) is 6.10 Å². The van der Waals surface area contributed by atoms with Gasteiger partial charge in [-0.3, -0.25) is 14.2 Å².